The van der Waals surface area contributed by atoms with Gasteiger partial charge in [0.2, 0.25) is 0 Å². The van der Waals surface area contributed by atoms with Crippen molar-refractivity contribution in [2.24, 2.45) is 0 Å². The van der Waals surface area contributed by atoms with Crippen LogP contribution < -0.4 is 0 Å². The van der Waals surface area contributed by atoms with Crippen LogP contribution >= 0.6 is 11.6 Å². The standard InChI is InChI=1S/C16H12ClNO3/c17-13(9-11-5-1-3-7-14(11)18(19)20)16-10-12-6-2-4-8-15(12)21-16/h1-8,10,13H,9H2. The topological polar surface area (TPSA) is 56.3 Å². The lowest BCUT2D eigenvalue weighted by Crippen LogP contribution is -1.99. The van der Waals surface area contributed by atoms with Gasteiger partial charge in [-0.15, -0.1) is 11.6 Å². The molecule has 1 aromatic heterocycles. The molecule has 21 heavy (non-hydrogen) atoms. The number of nitro benzene ring substituents is 1. The quantitative estimate of drug-likeness (QED) is 0.392. The Morgan fingerprint density at radius 2 is 1.86 bits per heavy atom. The predicted molar refractivity (Wildman–Crippen MR) is 81.6 cm³/mol. The summed E-state index contributed by atoms with van der Waals surface area (Å²) in [6.45, 7) is 0. The molecule has 0 saturated carbocycles. The molecule has 0 amide bonds. The van der Waals surface area contributed by atoms with Gasteiger partial charge in [0.15, 0.2) is 0 Å². The van der Waals surface area contributed by atoms with E-state index >= 15 is 0 Å². The van der Waals surface area contributed by atoms with Crippen LogP contribution in [0.3, 0.4) is 0 Å². The maximum absolute atomic E-state index is 11.0. The molecule has 0 bridgehead atoms. The molecule has 1 unspecified atom stereocenters. The number of halogens is 1. The van der Waals surface area contributed by atoms with Gasteiger partial charge < -0.3 is 4.42 Å². The summed E-state index contributed by atoms with van der Waals surface area (Å²) in [5.41, 5.74) is 1.45. The number of rotatable bonds is 4. The first kappa shape index (κ1) is 13.6. The fourth-order valence-corrected chi connectivity index (χ4v) is 2.59. The number of fused-ring (bicyclic) bond motifs is 1. The summed E-state index contributed by atoms with van der Waals surface area (Å²) >= 11 is 6.37. The Labute approximate surface area is 126 Å². The van der Waals surface area contributed by atoms with Crippen LogP contribution in [0.1, 0.15) is 16.7 Å². The zero-order chi connectivity index (χ0) is 14.8. The second-order valence-electron chi connectivity index (χ2n) is 4.74. The predicted octanol–water partition coefficient (Wildman–Crippen LogP) is 4.86. The Hall–Kier alpha value is -2.33. The van der Waals surface area contributed by atoms with Gasteiger partial charge in [-0.2, -0.15) is 0 Å². The van der Waals surface area contributed by atoms with Crippen molar-refractivity contribution in [1.82, 2.24) is 0 Å². The molecule has 0 aliphatic heterocycles. The Morgan fingerprint density at radius 1 is 1.14 bits per heavy atom. The van der Waals surface area contributed by atoms with Crippen molar-refractivity contribution >= 4 is 28.3 Å². The minimum absolute atomic E-state index is 0.0826. The average Bonchev–Trinajstić information content (AvgIpc) is 2.91. The maximum Gasteiger partial charge on any atom is 0.272 e. The molecule has 1 atom stereocenters. The number of alkyl halides is 1. The molecule has 0 fully saturated rings. The van der Waals surface area contributed by atoms with Gasteiger partial charge in [-0.3, -0.25) is 10.1 Å². The third-order valence-corrected chi connectivity index (χ3v) is 3.71. The minimum Gasteiger partial charge on any atom is -0.459 e. The summed E-state index contributed by atoms with van der Waals surface area (Å²) in [6.07, 6.45) is 0.346. The van der Waals surface area contributed by atoms with E-state index in [1.54, 1.807) is 18.2 Å². The Balaban J connectivity index is 1.89. The van der Waals surface area contributed by atoms with Crippen LogP contribution in [0.4, 0.5) is 5.69 Å². The number of para-hydroxylation sites is 2. The highest BCUT2D eigenvalue weighted by Crippen LogP contribution is 2.32. The van der Waals surface area contributed by atoms with Gasteiger partial charge >= 0.3 is 0 Å². The summed E-state index contributed by atoms with van der Waals surface area (Å²) in [6, 6.07) is 16.1. The van der Waals surface area contributed by atoms with E-state index < -0.39 is 10.3 Å². The van der Waals surface area contributed by atoms with Crippen molar-refractivity contribution in [2.75, 3.05) is 0 Å². The van der Waals surface area contributed by atoms with Crippen LogP contribution in [0, 0.1) is 10.1 Å². The van der Waals surface area contributed by atoms with Gasteiger partial charge in [-0.1, -0.05) is 36.4 Å². The van der Waals surface area contributed by atoms with E-state index in [-0.39, 0.29) is 5.69 Å². The Morgan fingerprint density at radius 3 is 2.62 bits per heavy atom. The molecule has 1 heterocycles. The second-order valence-corrected chi connectivity index (χ2v) is 5.27. The summed E-state index contributed by atoms with van der Waals surface area (Å²) in [7, 11) is 0. The number of hydrogen-bond donors (Lipinski definition) is 0. The number of hydrogen-bond acceptors (Lipinski definition) is 3. The number of benzene rings is 2. The molecular weight excluding hydrogens is 290 g/mol. The van der Waals surface area contributed by atoms with Crippen LogP contribution in [0.2, 0.25) is 0 Å². The third-order valence-electron chi connectivity index (χ3n) is 3.34. The molecule has 4 nitrogen and oxygen atoms in total. The van der Waals surface area contributed by atoms with Crippen LogP contribution in [-0.4, -0.2) is 4.92 Å². The third kappa shape index (κ3) is 2.76. The highest BCUT2D eigenvalue weighted by molar-refractivity contribution is 6.20. The van der Waals surface area contributed by atoms with Crippen LogP contribution in [0.15, 0.2) is 59.0 Å². The molecule has 5 heteroatoms. The maximum atomic E-state index is 11.0. The summed E-state index contributed by atoms with van der Waals surface area (Å²) in [5.74, 6) is 0.621. The van der Waals surface area contributed by atoms with E-state index in [1.807, 2.05) is 30.3 Å². The molecular formula is C16H12ClNO3. The molecule has 0 aliphatic rings. The summed E-state index contributed by atoms with van der Waals surface area (Å²) < 4.78 is 5.70. The first-order chi connectivity index (χ1) is 10.1. The van der Waals surface area contributed by atoms with Crippen LogP contribution in [-0.2, 0) is 6.42 Å². The summed E-state index contributed by atoms with van der Waals surface area (Å²) in [5, 5.41) is 11.5. The summed E-state index contributed by atoms with van der Waals surface area (Å²) in [4.78, 5) is 10.6. The van der Waals surface area contributed by atoms with Gasteiger partial charge in [0.25, 0.3) is 5.69 Å². The fourth-order valence-electron chi connectivity index (χ4n) is 2.31. The lowest BCUT2D eigenvalue weighted by molar-refractivity contribution is -0.385. The zero-order valence-electron chi connectivity index (χ0n) is 11.0. The molecule has 0 spiro atoms. The Kier molecular flexibility index (Phi) is 3.62. The van der Waals surface area contributed by atoms with E-state index in [0.717, 1.165) is 11.0 Å². The highest BCUT2D eigenvalue weighted by Gasteiger charge is 2.19. The van der Waals surface area contributed by atoms with E-state index in [4.69, 9.17) is 16.0 Å². The first-order valence-corrected chi connectivity index (χ1v) is 6.93. The smallest absolute Gasteiger partial charge is 0.272 e. The van der Waals surface area contributed by atoms with E-state index in [1.165, 1.54) is 6.07 Å². The first-order valence-electron chi connectivity index (χ1n) is 6.50. The normalized spacial score (nSPS) is 12.4. The van der Waals surface area contributed by atoms with Crippen molar-refractivity contribution < 1.29 is 9.34 Å². The van der Waals surface area contributed by atoms with Crippen molar-refractivity contribution in [1.29, 1.82) is 0 Å². The SMILES string of the molecule is O=[N+]([O-])c1ccccc1CC(Cl)c1cc2ccccc2o1. The van der Waals surface area contributed by atoms with Crippen molar-refractivity contribution in [3.05, 3.63) is 76.0 Å². The lowest BCUT2D eigenvalue weighted by atomic mass is 10.1. The van der Waals surface area contributed by atoms with Crippen molar-refractivity contribution in [3.63, 3.8) is 0 Å². The lowest BCUT2D eigenvalue weighted by Gasteiger charge is -2.07. The molecule has 2 aromatic carbocycles. The number of nitro groups is 1. The second kappa shape index (κ2) is 5.58. The van der Waals surface area contributed by atoms with E-state index in [0.29, 0.717) is 17.7 Å². The van der Waals surface area contributed by atoms with E-state index in [2.05, 4.69) is 0 Å². The van der Waals surface area contributed by atoms with Gasteiger partial charge in [0.1, 0.15) is 11.3 Å². The molecule has 0 radical (unpaired) electrons. The van der Waals surface area contributed by atoms with Gasteiger partial charge in [-0.25, -0.2) is 0 Å². The van der Waals surface area contributed by atoms with Gasteiger partial charge in [0, 0.05) is 23.4 Å². The van der Waals surface area contributed by atoms with Crippen molar-refractivity contribution in [2.45, 2.75) is 11.8 Å². The highest BCUT2D eigenvalue weighted by atomic mass is 35.5. The molecule has 106 valence electrons. The molecule has 3 aromatic rings. The zero-order valence-corrected chi connectivity index (χ0v) is 11.8. The average molecular weight is 302 g/mol. The fraction of sp³-hybridized carbons (Fsp3) is 0.125. The molecule has 0 N–H and O–H groups in total. The van der Waals surface area contributed by atoms with Crippen LogP contribution in [0.25, 0.3) is 11.0 Å². The largest absolute Gasteiger partial charge is 0.459 e. The van der Waals surface area contributed by atoms with E-state index in [9.17, 15) is 10.1 Å². The van der Waals surface area contributed by atoms with Crippen molar-refractivity contribution in [3.8, 4) is 0 Å². The molecule has 0 saturated heterocycles. The molecule has 0 aliphatic carbocycles. The number of nitrogens with zero attached hydrogens (tertiary/aromatic N) is 1. The van der Waals surface area contributed by atoms with Gasteiger partial charge in [0.05, 0.1) is 10.3 Å². The number of furan rings is 1. The minimum atomic E-state index is -0.446. The Bertz CT molecular complexity index is 764. The van der Waals surface area contributed by atoms with Gasteiger partial charge in [-0.05, 0) is 12.1 Å². The molecule has 3 rings (SSSR count). The van der Waals surface area contributed by atoms with Crippen LogP contribution in [0.5, 0.6) is 0 Å². The monoisotopic (exact) mass is 301 g/mol.